The molecule has 21 heavy (non-hydrogen) atoms. The second kappa shape index (κ2) is 8.21. The number of nitrogens with one attached hydrogen (secondary N) is 1. The molecule has 0 bridgehead atoms. The van der Waals surface area contributed by atoms with E-state index in [9.17, 15) is 13.2 Å². The predicted molar refractivity (Wildman–Crippen MR) is 72.1 cm³/mol. The molecule has 0 spiro atoms. The summed E-state index contributed by atoms with van der Waals surface area (Å²) in [6.07, 6.45) is -4.55. The lowest BCUT2D eigenvalue weighted by atomic mass is 10.1. The summed E-state index contributed by atoms with van der Waals surface area (Å²) in [5.74, 6) is -0.235. The normalized spacial score (nSPS) is 13.5. The average molecular weight is 307 g/mol. The highest BCUT2D eigenvalue weighted by Gasteiger charge is 2.31. The van der Waals surface area contributed by atoms with Crippen LogP contribution in [0.15, 0.2) is 24.3 Å². The predicted octanol–water partition coefficient (Wildman–Crippen LogP) is 2.72. The van der Waals surface area contributed by atoms with E-state index in [2.05, 4.69) is 10.1 Å². The average Bonchev–Trinajstić information content (AvgIpc) is 2.41. The third kappa shape index (κ3) is 6.33. The summed E-state index contributed by atoms with van der Waals surface area (Å²) in [5.41, 5.74) is 0.856. The van der Waals surface area contributed by atoms with Crippen molar-refractivity contribution < 1.29 is 27.4 Å². The summed E-state index contributed by atoms with van der Waals surface area (Å²) >= 11 is 0. The van der Waals surface area contributed by atoms with Crippen molar-refractivity contribution in [2.24, 2.45) is 0 Å². The molecule has 1 atom stereocenters. The Kier molecular flexibility index (Phi) is 6.94. The van der Waals surface area contributed by atoms with Crippen molar-refractivity contribution in [2.45, 2.75) is 32.0 Å². The molecule has 0 aliphatic carbocycles. The van der Waals surface area contributed by atoms with Gasteiger partial charge in [-0.15, -0.1) is 13.2 Å². The van der Waals surface area contributed by atoms with Crippen LogP contribution < -0.4 is 10.1 Å². The molecule has 1 rings (SSSR count). The van der Waals surface area contributed by atoms with Gasteiger partial charge in [0.05, 0.1) is 6.04 Å². The van der Waals surface area contributed by atoms with E-state index in [-0.39, 0.29) is 11.8 Å². The van der Waals surface area contributed by atoms with Gasteiger partial charge in [-0.1, -0.05) is 19.1 Å². The molecular formula is C14H20F3NO3. The lowest BCUT2D eigenvalue weighted by Crippen LogP contribution is -2.43. The van der Waals surface area contributed by atoms with Gasteiger partial charge in [0.1, 0.15) is 5.75 Å². The van der Waals surface area contributed by atoms with Crippen LogP contribution in [0, 0.1) is 0 Å². The van der Waals surface area contributed by atoms with Crippen LogP contribution in [0.1, 0.15) is 12.5 Å². The zero-order chi connectivity index (χ0) is 15.9. The van der Waals surface area contributed by atoms with E-state index in [0.717, 1.165) is 12.1 Å². The number of halogens is 3. The van der Waals surface area contributed by atoms with Gasteiger partial charge in [0.15, 0.2) is 6.29 Å². The molecule has 1 N–H and O–H groups in total. The Morgan fingerprint density at radius 3 is 2.10 bits per heavy atom. The molecule has 7 heteroatoms. The minimum absolute atomic E-state index is 0.0978. The first kappa shape index (κ1) is 17.7. The standard InChI is InChI=1S/C14H20F3NO3/c1-4-18-12(13(19-2)20-3)9-10-5-7-11(8-6-10)21-14(15,16)17/h5-8,12-13,18H,4,9H2,1-3H3. The summed E-state index contributed by atoms with van der Waals surface area (Å²) in [4.78, 5) is 0. The molecule has 0 heterocycles. The van der Waals surface area contributed by atoms with Gasteiger partial charge in [-0.05, 0) is 30.7 Å². The number of methoxy groups -OCH3 is 2. The Balaban J connectivity index is 2.71. The minimum Gasteiger partial charge on any atom is -0.406 e. The highest BCUT2D eigenvalue weighted by molar-refractivity contribution is 5.28. The van der Waals surface area contributed by atoms with Crippen molar-refractivity contribution in [2.75, 3.05) is 20.8 Å². The minimum atomic E-state index is -4.68. The zero-order valence-corrected chi connectivity index (χ0v) is 12.2. The summed E-state index contributed by atoms with van der Waals surface area (Å²) in [6, 6.07) is 5.67. The van der Waals surface area contributed by atoms with E-state index in [4.69, 9.17) is 9.47 Å². The van der Waals surface area contributed by atoms with Crippen molar-refractivity contribution >= 4 is 0 Å². The Bertz CT molecular complexity index is 405. The molecule has 0 saturated carbocycles. The lowest BCUT2D eigenvalue weighted by molar-refractivity contribution is -0.274. The van der Waals surface area contributed by atoms with E-state index in [1.54, 1.807) is 26.4 Å². The SMILES string of the molecule is CCNC(Cc1ccc(OC(F)(F)F)cc1)C(OC)OC. The largest absolute Gasteiger partial charge is 0.573 e. The number of benzene rings is 1. The molecule has 0 aromatic heterocycles. The third-order valence-electron chi connectivity index (χ3n) is 2.87. The third-order valence-corrected chi connectivity index (χ3v) is 2.87. The fraction of sp³-hybridized carbons (Fsp3) is 0.571. The van der Waals surface area contributed by atoms with Gasteiger partial charge in [0.2, 0.25) is 0 Å². The summed E-state index contributed by atoms with van der Waals surface area (Å²) in [5, 5.41) is 3.22. The summed E-state index contributed by atoms with van der Waals surface area (Å²) < 4.78 is 50.5. The van der Waals surface area contributed by atoms with Crippen LogP contribution in [-0.4, -0.2) is 39.5 Å². The molecule has 0 radical (unpaired) electrons. The van der Waals surface area contributed by atoms with E-state index in [0.29, 0.717) is 6.42 Å². The summed E-state index contributed by atoms with van der Waals surface area (Å²) in [6.45, 7) is 2.68. The van der Waals surface area contributed by atoms with Crippen molar-refractivity contribution in [3.05, 3.63) is 29.8 Å². The van der Waals surface area contributed by atoms with Crippen LogP contribution in [0.3, 0.4) is 0 Å². The van der Waals surface area contributed by atoms with Gasteiger partial charge in [0.25, 0.3) is 0 Å². The molecule has 120 valence electrons. The highest BCUT2D eigenvalue weighted by Crippen LogP contribution is 2.23. The first-order valence-electron chi connectivity index (χ1n) is 6.53. The molecule has 0 aliphatic heterocycles. The van der Waals surface area contributed by atoms with Crippen LogP contribution in [0.2, 0.25) is 0 Å². The molecule has 0 fully saturated rings. The van der Waals surface area contributed by atoms with Crippen LogP contribution in [-0.2, 0) is 15.9 Å². The molecular weight excluding hydrogens is 287 g/mol. The highest BCUT2D eigenvalue weighted by atomic mass is 19.4. The topological polar surface area (TPSA) is 39.7 Å². The number of likely N-dealkylation sites (N-methyl/N-ethyl adjacent to an activating group) is 1. The monoisotopic (exact) mass is 307 g/mol. The van der Waals surface area contributed by atoms with Gasteiger partial charge in [-0.2, -0.15) is 0 Å². The van der Waals surface area contributed by atoms with E-state index in [1.807, 2.05) is 6.92 Å². The second-order valence-electron chi connectivity index (χ2n) is 4.40. The van der Waals surface area contributed by atoms with Crippen LogP contribution in [0.5, 0.6) is 5.75 Å². The van der Waals surface area contributed by atoms with Gasteiger partial charge in [-0.25, -0.2) is 0 Å². The molecule has 0 saturated heterocycles. The molecule has 1 aromatic carbocycles. The van der Waals surface area contributed by atoms with E-state index >= 15 is 0 Å². The van der Waals surface area contributed by atoms with Gasteiger partial charge in [-0.3, -0.25) is 0 Å². The first-order chi connectivity index (χ1) is 9.89. The molecule has 4 nitrogen and oxygen atoms in total. The van der Waals surface area contributed by atoms with E-state index in [1.165, 1.54) is 12.1 Å². The molecule has 0 aliphatic rings. The van der Waals surface area contributed by atoms with Crippen LogP contribution in [0.4, 0.5) is 13.2 Å². The van der Waals surface area contributed by atoms with Gasteiger partial charge in [0, 0.05) is 14.2 Å². The number of ether oxygens (including phenoxy) is 3. The van der Waals surface area contributed by atoms with Crippen LogP contribution in [0.25, 0.3) is 0 Å². The fourth-order valence-electron chi connectivity index (χ4n) is 2.03. The Morgan fingerprint density at radius 2 is 1.67 bits per heavy atom. The molecule has 0 amide bonds. The molecule has 1 unspecified atom stereocenters. The van der Waals surface area contributed by atoms with Crippen molar-refractivity contribution in [3.8, 4) is 5.75 Å². The lowest BCUT2D eigenvalue weighted by Gasteiger charge is -2.25. The fourth-order valence-corrected chi connectivity index (χ4v) is 2.03. The van der Waals surface area contributed by atoms with Gasteiger partial charge >= 0.3 is 6.36 Å². The smallest absolute Gasteiger partial charge is 0.406 e. The number of alkyl halides is 3. The summed E-state index contributed by atoms with van der Waals surface area (Å²) in [7, 11) is 3.08. The maximum Gasteiger partial charge on any atom is 0.573 e. The number of hydrogen-bond acceptors (Lipinski definition) is 4. The number of rotatable bonds is 8. The Hall–Kier alpha value is -1.31. The number of hydrogen-bond donors (Lipinski definition) is 1. The van der Waals surface area contributed by atoms with Crippen LogP contribution >= 0.6 is 0 Å². The van der Waals surface area contributed by atoms with E-state index < -0.39 is 12.7 Å². The zero-order valence-electron chi connectivity index (χ0n) is 12.2. The van der Waals surface area contributed by atoms with Crippen molar-refractivity contribution in [1.82, 2.24) is 5.32 Å². The van der Waals surface area contributed by atoms with Crippen molar-refractivity contribution in [1.29, 1.82) is 0 Å². The first-order valence-corrected chi connectivity index (χ1v) is 6.53. The quantitative estimate of drug-likeness (QED) is 0.750. The second-order valence-corrected chi connectivity index (χ2v) is 4.40. The maximum absolute atomic E-state index is 12.1. The van der Waals surface area contributed by atoms with Gasteiger partial charge < -0.3 is 19.5 Å². The molecule has 1 aromatic rings. The maximum atomic E-state index is 12.1. The Morgan fingerprint density at radius 1 is 1.10 bits per heavy atom. The van der Waals surface area contributed by atoms with Crippen molar-refractivity contribution in [3.63, 3.8) is 0 Å². The Labute approximate surface area is 122 Å².